The van der Waals surface area contributed by atoms with E-state index in [1.165, 1.54) is 24.3 Å². The zero-order valence-electron chi connectivity index (χ0n) is 10.6. The Kier molecular flexibility index (Phi) is 3.86. The zero-order chi connectivity index (χ0) is 14.7. The second-order valence-electron chi connectivity index (χ2n) is 4.28. The van der Waals surface area contributed by atoms with Crippen molar-refractivity contribution in [3.63, 3.8) is 0 Å². The van der Waals surface area contributed by atoms with Crippen LogP contribution in [0.4, 0.5) is 0 Å². The van der Waals surface area contributed by atoms with Crippen molar-refractivity contribution in [3.05, 3.63) is 52.9 Å². The van der Waals surface area contributed by atoms with Crippen molar-refractivity contribution < 1.29 is 14.3 Å². The van der Waals surface area contributed by atoms with Crippen LogP contribution in [0, 0.1) is 0 Å². The summed E-state index contributed by atoms with van der Waals surface area (Å²) in [5.74, 6) is -0.583. The van der Waals surface area contributed by atoms with E-state index in [-0.39, 0.29) is 29.5 Å². The zero-order valence-corrected chi connectivity index (χ0v) is 10.6. The van der Waals surface area contributed by atoms with Crippen molar-refractivity contribution in [2.24, 2.45) is 5.73 Å². The fraction of sp³-hybridized carbons (Fsp3) is 0.143. The molecule has 0 aliphatic heterocycles. The lowest BCUT2D eigenvalue weighted by atomic mass is 10.1. The van der Waals surface area contributed by atoms with Crippen molar-refractivity contribution in [2.45, 2.75) is 6.04 Å². The molecule has 0 spiro atoms. The summed E-state index contributed by atoms with van der Waals surface area (Å²) >= 11 is 0. The van der Waals surface area contributed by atoms with E-state index in [1.807, 2.05) is 0 Å². The lowest BCUT2D eigenvalue weighted by molar-refractivity contribution is 0.0949. The Labute approximate surface area is 114 Å². The van der Waals surface area contributed by atoms with Gasteiger partial charge in [-0.1, -0.05) is 6.08 Å². The number of hydrogen-bond acceptors (Lipinski definition) is 5. The smallest absolute Gasteiger partial charge is 0.349 e. The van der Waals surface area contributed by atoms with Crippen LogP contribution in [0.5, 0.6) is 5.75 Å². The fourth-order valence-corrected chi connectivity index (χ4v) is 1.65. The Bertz CT molecular complexity index is 721. The number of phenols is 1. The third-order valence-electron chi connectivity index (χ3n) is 2.77. The molecule has 2 aromatic rings. The fourth-order valence-electron chi connectivity index (χ4n) is 1.65. The Balaban J connectivity index is 2.32. The molecule has 0 bridgehead atoms. The van der Waals surface area contributed by atoms with Gasteiger partial charge in [-0.25, -0.2) is 4.79 Å². The molecule has 0 saturated heterocycles. The number of amides is 1. The van der Waals surface area contributed by atoms with E-state index in [2.05, 4.69) is 11.9 Å². The van der Waals surface area contributed by atoms with E-state index in [1.54, 1.807) is 6.07 Å². The van der Waals surface area contributed by atoms with Crippen LogP contribution >= 0.6 is 0 Å². The summed E-state index contributed by atoms with van der Waals surface area (Å²) < 4.78 is 5.00. The van der Waals surface area contributed by atoms with Gasteiger partial charge in [0.1, 0.15) is 16.9 Å². The highest BCUT2D eigenvalue weighted by atomic mass is 16.4. The molecule has 1 unspecified atom stereocenters. The number of aromatic hydroxyl groups is 1. The molecule has 4 N–H and O–H groups in total. The Morgan fingerprint density at radius 2 is 2.25 bits per heavy atom. The number of benzene rings is 1. The van der Waals surface area contributed by atoms with Crippen LogP contribution in [0.2, 0.25) is 0 Å². The van der Waals surface area contributed by atoms with Gasteiger partial charge in [-0.3, -0.25) is 4.79 Å². The standard InChI is InChI=1S/C14H14N2O4/c1-2-9(15)7-16-13(18)11-5-8-3-4-10(17)6-12(8)20-14(11)19/h2-6,9,17H,1,7,15H2,(H,16,18). The lowest BCUT2D eigenvalue weighted by Gasteiger charge is -2.08. The van der Waals surface area contributed by atoms with E-state index < -0.39 is 11.5 Å². The van der Waals surface area contributed by atoms with Crippen molar-refractivity contribution in [2.75, 3.05) is 6.54 Å². The molecule has 1 aromatic carbocycles. The van der Waals surface area contributed by atoms with Crippen LogP contribution in [0.25, 0.3) is 11.0 Å². The van der Waals surface area contributed by atoms with Gasteiger partial charge in [-0.2, -0.15) is 0 Å². The van der Waals surface area contributed by atoms with E-state index in [9.17, 15) is 14.7 Å². The van der Waals surface area contributed by atoms with E-state index in [0.29, 0.717) is 5.39 Å². The second-order valence-corrected chi connectivity index (χ2v) is 4.28. The average molecular weight is 274 g/mol. The lowest BCUT2D eigenvalue weighted by Crippen LogP contribution is -2.37. The molecule has 1 amide bonds. The summed E-state index contributed by atoms with van der Waals surface area (Å²) in [6.45, 7) is 3.67. The van der Waals surface area contributed by atoms with E-state index in [0.717, 1.165) is 0 Å². The van der Waals surface area contributed by atoms with Crippen LogP contribution in [0.1, 0.15) is 10.4 Å². The second kappa shape index (κ2) is 5.58. The van der Waals surface area contributed by atoms with Crippen molar-refractivity contribution in [1.82, 2.24) is 5.32 Å². The van der Waals surface area contributed by atoms with Gasteiger partial charge in [0.25, 0.3) is 5.91 Å². The Morgan fingerprint density at radius 3 is 2.95 bits per heavy atom. The average Bonchev–Trinajstić information content (AvgIpc) is 2.43. The number of nitrogens with one attached hydrogen (secondary N) is 1. The van der Waals surface area contributed by atoms with Gasteiger partial charge >= 0.3 is 5.63 Å². The molecule has 104 valence electrons. The minimum atomic E-state index is -0.771. The SMILES string of the molecule is C=CC(N)CNC(=O)c1cc2ccc(O)cc2oc1=O. The number of nitrogens with two attached hydrogens (primary N) is 1. The first-order valence-electron chi connectivity index (χ1n) is 5.94. The van der Waals surface area contributed by atoms with Gasteiger partial charge in [0.2, 0.25) is 0 Å². The molecule has 20 heavy (non-hydrogen) atoms. The molecule has 6 heteroatoms. The van der Waals surface area contributed by atoms with Crippen LogP contribution in [0.15, 0.2) is 46.1 Å². The van der Waals surface area contributed by atoms with Gasteiger partial charge in [-0.15, -0.1) is 6.58 Å². The first-order chi connectivity index (χ1) is 9.51. The predicted octanol–water partition coefficient (Wildman–Crippen LogP) is 0.742. The molecule has 2 rings (SSSR count). The minimum Gasteiger partial charge on any atom is -0.508 e. The van der Waals surface area contributed by atoms with Crippen molar-refractivity contribution in [1.29, 1.82) is 0 Å². The molecule has 1 heterocycles. The summed E-state index contributed by atoms with van der Waals surface area (Å²) in [6.07, 6.45) is 1.49. The number of carbonyl (C=O) groups excluding carboxylic acids is 1. The summed E-state index contributed by atoms with van der Waals surface area (Å²) in [5, 5.41) is 12.4. The third kappa shape index (κ3) is 2.86. The maximum Gasteiger partial charge on any atom is 0.349 e. The molecule has 6 nitrogen and oxygen atoms in total. The Morgan fingerprint density at radius 1 is 1.50 bits per heavy atom. The molecule has 0 fully saturated rings. The highest BCUT2D eigenvalue weighted by Gasteiger charge is 2.14. The molecule has 0 aliphatic rings. The van der Waals surface area contributed by atoms with Gasteiger partial charge < -0.3 is 20.6 Å². The first-order valence-corrected chi connectivity index (χ1v) is 5.94. The summed E-state index contributed by atoms with van der Waals surface area (Å²) in [7, 11) is 0. The van der Waals surface area contributed by atoms with E-state index >= 15 is 0 Å². The number of rotatable bonds is 4. The van der Waals surface area contributed by atoms with Crippen molar-refractivity contribution >= 4 is 16.9 Å². The summed E-state index contributed by atoms with van der Waals surface area (Å²) in [4.78, 5) is 23.6. The van der Waals surface area contributed by atoms with E-state index in [4.69, 9.17) is 10.2 Å². The largest absolute Gasteiger partial charge is 0.508 e. The molecule has 1 atom stereocenters. The highest BCUT2D eigenvalue weighted by Crippen LogP contribution is 2.19. The molecule has 0 aliphatic carbocycles. The number of hydrogen-bond donors (Lipinski definition) is 3. The monoisotopic (exact) mass is 274 g/mol. The molecular formula is C14H14N2O4. The topological polar surface area (TPSA) is 106 Å². The van der Waals surface area contributed by atoms with Crippen LogP contribution in [-0.4, -0.2) is 23.6 Å². The first kappa shape index (κ1) is 13.8. The third-order valence-corrected chi connectivity index (χ3v) is 2.77. The van der Waals surface area contributed by atoms with Gasteiger partial charge in [0.05, 0.1) is 0 Å². The van der Waals surface area contributed by atoms with Crippen LogP contribution < -0.4 is 16.7 Å². The normalized spacial score (nSPS) is 12.1. The highest BCUT2D eigenvalue weighted by molar-refractivity contribution is 5.96. The van der Waals surface area contributed by atoms with Crippen LogP contribution in [0.3, 0.4) is 0 Å². The van der Waals surface area contributed by atoms with Gasteiger partial charge in [-0.05, 0) is 18.2 Å². The molecular weight excluding hydrogens is 260 g/mol. The number of carbonyl (C=O) groups is 1. The quantitative estimate of drug-likeness (QED) is 0.563. The number of phenolic OH excluding ortho intramolecular Hbond substituents is 1. The minimum absolute atomic E-state index is 0.0187. The van der Waals surface area contributed by atoms with Gasteiger partial charge in [0.15, 0.2) is 0 Å². The maximum atomic E-state index is 11.9. The van der Waals surface area contributed by atoms with Crippen LogP contribution in [-0.2, 0) is 0 Å². The molecule has 0 radical (unpaired) electrons. The summed E-state index contributed by atoms with van der Waals surface area (Å²) in [5.41, 5.74) is 4.92. The predicted molar refractivity (Wildman–Crippen MR) is 74.7 cm³/mol. The number of fused-ring (bicyclic) bond motifs is 1. The van der Waals surface area contributed by atoms with Gasteiger partial charge in [0, 0.05) is 24.0 Å². The maximum absolute atomic E-state index is 11.9. The molecule has 0 saturated carbocycles. The summed E-state index contributed by atoms with van der Waals surface area (Å²) in [6, 6.07) is 5.34. The Hall–Kier alpha value is -2.60. The van der Waals surface area contributed by atoms with Crippen molar-refractivity contribution in [3.8, 4) is 5.75 Å². The molecule has 1 aromatic heterocycles.